The van der Waals surface area contributed by atoms with E-state index in [0.29, 0.717) is 31.7 Å². The van der Waals surface area contributed by atoms with E-state index in [1.807, 2.05) is 17.0 Å². The molecule has 0 atom stereocenters. The first kappa shape index (κ1) is 17.9. The van der Waals surface area contributed by atoms with Crippen molar-refractivity contribution in [2.45, 2.75) is 4.90 Å². The number of piperazine rings is 1. The second-order valence-corrected chi connectivity index (χ2v) is 7.79. The van der Waals surface area contributed by atoms with Crippen LogP contribution in [0.15, 0.2) is 53.4 Å². The number of benzene rings is 2. The number of rotatable bonds is 4. The van der Waals surface area contributed by atoms with Gasteiger partial charge in [-0.05, 0) is 36.4 Å². The molecule has 8 heteroatoms. The highest BCUT2D eigenvalue weighted by atomic mass is 32.2. The van der Waals surface area contributed by atoms with Crippen LogP contribution in [0.3, 0.4) is 0 Å². The minimum atomic E-state index is -3.68. The largest absolute Gasteiger partial charge is 0.478 e. The summed E-state index contributed by atoms with van der Waals surface area (Å²) in [5.74, 6) is -1.10. The molecule has 3 rings (SSSR count). The smallest absolute Gasteiger partial charge is 0.335 e. The van der Waals surface area contributed by atoms with E-state index < -0.39 is 16.0 Å². The highest BCUT2D eigenvalue weighted by Gasteiger charge is 2.29. The van der Waals surface area contributed by atoms with Gasteiger partial charge in [0, 0.05) is 26.2 Å². The average molecular weight is 371 g/mol. The van der Waals surface area contributed by atoms with Crippen LogP contribution >= 0.6 is 0 Å². The summed E-state index contributed by atoms with van der Waals surface area (Å²) in [6, 6.07) is 14.6. The Labute approximate surface area is 151 Å². The third-order valence-electron chi connectivity index (χ3n) is 4.34. The van der Waals surface area contributed by atoms with E-state index in [-0.39, 0.29) is 10.5 Å². The molecular formula is C18H17N3O4S. The van der Waals surface area contributed by atoms with Gasteiger partial charge in [0.2, 0.25) is 10.0 Å². The van der Waals surface area contributed by atoms with Crippen LogP contribution in [0.25, 0.3) is 0 Å². The monoisotopic (exact) mass is 371 g/mol. The molecule has 1 fully saturated rings. The quantitative estimate of drug-likeness (QED) is 0.879. The molecule has 1 heterocycles. The van der Waals surface area contributed by atoms with Crippen molar-refractivity contribution in [1.29, 1.82) is 5.26 Å². The molecular weight excluding hydrogens is 354 g/mol. The number of carbonyl (C=O) groups is 1. The van der Waals surface area contributed by atoms with E-state index in [4.69, 9.17) is 5.11 Å². The van der Waals surface area contributed by atoms with Gasteiger partial charge in [0.15, 0.2) is 0 Å². The topological polar surface area (TPSA) is 102 Å². The van der Waals surface area contributed by atoms with Crippen molar-refractivity contribution in [1.82, 2.24) is 4.31 Å². The van der Waals surface area contributed by atoms with E-state index in [9.17, 15) is 18.5 Å². The van der Waals surface area contributed by atoms with Crippen LogP contribution < -0.4 is 4.90 Å². The second-order valence-electron chi connectivity index (χ2n) is 5.85. The Bertz CT molecular complexity index is 957. The summed E-state index contributed by atoms with van der Waals surface area (Å²) in [7, 11) is -3.68. The van der Waals surface area contributed by atoms with Crippen LogP contribution in [-0.4, -0.2) is 50.0 Å². The van der Waals surface area contributed by atoms with E-state index in [0.717, 1.165) is 5.69 Å². The fourth-order valence-electron chi connectivity index (χ4n) is 2.93. The molecule has 0 bridgehead atoms. The molecule has 1 aliphatic heterocycles. The fraction of sp³-hybridized carbons (Fsp3) is 0.222. The molecule has 0 saturated carbocycles. The van der Waals surface area contributed by atoms with E-state index in [2.05, 4.69) is 6.07 Å². The van der Waals surface area contributed by atoms with Crippen molar-refractivity contribution in [2.75, 3.05) is 31.1 Å². The summed E-state index contributed by atoms with van der Waals surface area (Å²) >= 11 is 0. The van der Waals surface area contributed by atoms with Gasteiger partial charge in [-0.2, -0.15) is 9.57 Å². The standard InChI is InChI=1S/C18H17N3O4S/c19-13-15-3-1-2-4-17(15)20-9-11-21(12-10-20)26(24,25)16-7-5-14(6-8-16)18(22)23/h1-8H,9-12H2,(H,22,23). The molecule has 1 N–H and O–H groups in total. The molecule has 7 nitrogen and oxygen atoms in total. The third-order valence-corrected chi connectivity index (χ3v) is 6.26. The van der Waals surface area contributed by atoms with E-state index >= 15 is 0 Å². The van der Waals surface area contributed by atoms with Gasteiger partial charge in [0.25, 0.3) is 0 Å². The Morgan fingerprint density at radius 1 is 1.00 bits per heavy atom. The number of hydrogen-bond acceptors (Lipinski definition) is 5. The van der Waals surface area contributed by atoms with E-state index in [1.54, 1.807) is 12.1 Å². The van der Waals surface area contributed by atoms with Crippen molar-refractivity contribution in [3.05, 3.63) is 59.7 Å². The molecule has 134 valence electrons. The maximum Gasteiger partial charge on any atom is 0.335 e. The van der Waals surface area contributed by atoms with Gasteiger partial charge in [0.05, 0.1) is 21.7 Å². The number of hydrogen-bond donors (Lipinski definition) is 1. The molecule has 0 amide bonds. The van der Waals surface area contributed by atoms with Gasteiger partial charge < -0.3 is 10.0 Å². The summed E-state index contributed by atoms with van der Waals surface area (Å²) in [5, 5.41) is 18.1. The van der Waals surface area contributed by atoms with Crippen LogP contribution in [0, 0.1) is 11.3 Å². The third kappa shape index (κ3) is 3.40. The normalized spacial score (nSPS) is 15.4. The van der Waals surface area contributed by atoms with Crippen molar-refractivity contribution in [3.8, 4) is 6.07 Å². The van der Waals surface area contributed by atoms with Crippen LogP contribution in [-0.2, 0) is 10.0 Å². The number of aromatic carboxylic acids is 1. The van der Waals surface area contributed by atoms with Crippen LogP contribution in [0.5, 0.6) is 0 Å². The first-order valence-corrected chi connectivity index (χ1v) is 9.45. The molecule has 1 saturated heterocycles. The Kier molecular flexibility index (Phi) is 4.93. The van der Waals surface area contributed by atoms with E-state index in [1.165, 1.54) is 28.6 Å². The molecule has 0 unspecified atom stereocenters. The van der Waals surface area contributed by atoms with Crippen molar-refractivity contribution in [2.24, 2.45) is 0 Å². The number of nitriles is 1. The van der Waals surface area contributed by atoms with Crippen LogP contribution in [0.2, 0.25) is 0 Å². The molecule has 0 radical (unpaired) electrons. The Morgan fingerprint density at radius 2 is 1.62 bits per heavy atom. The number of carboxylic acids is 1. The lowest BCUT2D eigenvalue weighted by molar-refractivity contribution is 0.0696. The first-order valence-electron chi connectivity index (χ1n) is 8.01. The lowest BCUT2D eigenvalue weighted by Gasteiger charge is -2.35. The molecule has 2 aromatic rings. The summed E-state index contributed by atoms with van der Waals surface area (Å²) < 4.78 is 26.9. The number of nitrogens with zero attached hydrogens (tertiary/aromatic N) is 3. The number of carboxylic acid groups (broad SMARTS) is 1. The Morgan fingerprint density at radius 3 is 2.19 bits per heavy atom. The molecule has 1 aliphatic rings. The lowest BCUT2D eigenvalue weighted by atomic mass is 10.1. The highest BCUT2D eigenvalue weighted by Crippen LogP contribution is 2.24. The molecule has 26 heavy (non-hydrogen) atoms. The zero-order valence-corrected chi connectivity index (χ0v) is 14.7. The summed E-state index contributed by atoms with van der Waals surface area (Å²) in [6.45, 7) is 1.54. The summed E-state index contributed by atoms with van der Waals surface area (Å²) in [4.78, 5) is 13.0. The van der Waals surface area contributed by atoms with Gasteiger partial charge in [-0.3, -0.25) is 0 Å². The van der Waals surface area contributed by atoms with Gasteiger partial charge in [-0.1, -0.05) is 12.1 Å². The maximum atomic E-state index is 12.7. The molecule has 0 aromatic heterocycles. The lowest BCUT2D eigenvalue weighted by Crippen LogP contribution is -2.48. The maximum absolute atomic E-state index is 12.7. The minimum Gasteiger partial charge on any atom is -0.478 e. The van der Waals surface area contributed by atoms with Crippen LogP contribution in [0.1, 0.15) is 15.9 Å². The Balaban J connectivity index is 1.74. The Hall–Kier alpha value is -2.89. The number of sulfonamides is 1. The first-order chi connectivity index (χ1) is 12.4. The predicted octanol–water partition coefficient (Wildman–Crippen LogP) is 1.77. The van der Waals surface area contributed by atoms with Gasteiger partial charge in [0.1, 0.15) is 6.07 Å². The second kappa shape index (κ2) is 7.15. The molecule has 0 spiro atoms. The molecule has 0 aliphatic carbocycles. The average Bonchev–Trinajstić information content (AvgIpc) is 2.68. The fourth-order valence-corrected chi connectivity index (χ4v) is 4.35. The van der Waals surface area contributed by atoms with Gasteiger partial charge >= 0.3 is 5.97 Å². The summed E-state index contributed by atoms with van der Waals surface area (Å²) in [6.07, 6.45) is 0. The van der Waals surface area contributed by atoms with Crippen molar-refractivity contribution in [3.63, 3.8) is 0 Å². The van der Waals surface area contributed by atoms with Gasteiger partial charge in [-0.15, -0.1) is 0 Å². The minimum absolute atomic E-state index is 0.0434. The summed E-state index contributed by atoms with van der Waals surface area (Å²) in [5.41, 5.74) is 1.41. The number of para-hydroxylation sites is 1. The number of anilines is 1. The predicted molar refractivity (Wildman–Crippen MR) is 95.5 cm³/mol. The zero-order chi connectivity index (χ0) is 18.7. The SMILES string of the molecule is N#Cc1ccccc1N1CCN(S(=O)(=O)c2ccc(C(=O)O)cc2)CC1. The molecule has 2 aromatic carbocycles. The van der Waals surface area contributed by atoms with Crippen molar-refractivity contribution < 1.29 is 18.3 Å². The highest BCUT2D eigenvalue weighted by molar-refractivity contribution is 7.89. The zero-order valence-electron chi connectivity index (χ0n) is 13.9. The van der Waals surface area contributed by atoms with Gasteiger partial charge in [-0.25, -0.2) is 13.2 Å². The van der Waals surface area contributed by atoms with Crippen molar-refractivity contribution >= 4 is 21.7 Å². The van der Waals surface area contributed by atoms with Crippen LogP contribution in [0.4, 0.5) is 5.69 Å².